The Kier molecular flexibility index (Phi) is 14.2. The van der Waals surface area contributed by atoms with Gasteiger partial charge in [-0.3, -0.25) is 0 Å². The number of unbranched alkanes of at least 4 members (excludes halogenated alkanes) is 7. The number of halogens is 1. The Morgan fingerprint density at radius 2 is 1.47 bits per heavy atom. The van der Waals surface area contributed by atoms with Crippen LogP contribution in [0.4, 0.5) is 4.39 Å². The van der Waals surface area contributed by atoms with Gasteiger partial charge in [-0.15, -0.1) is 0 Å². The maximum atomic E-state index is 12.7. The van der Waals surface area contributed by atoms with E-state index >= 15 is 0 Å². The van der Waals surface area contributed by atoms with Crippen molar-refractivity contribution in [3.05, 3.63) is 0 Å². The van der Waals surface area contributed by atoms with Gasteiger partial charge in [0.1, 0.15) is 6.17 Å². The first kappa shape index (κ1) is 18.9. The average molecular weight is 276 g/mol. The highest BCUT2D eigenvalue weighted by Crippen LogP contribution is 2.12. The zero-order valence-electron chi connectivity index (χ0n) is 12.9. The molecular weight excluding hydrogens is 243 g/mol. The molecule has 0 radical (unpaired) electrons. The molecule has 0 saturated heterocycles. The molecule has 0 aliphatic rings. The molecule has 0 aliphatic heterocycles. The van der Waals surface area contributed by atoms with Gasteiger partial charge in [0, 0.05) is 6.61 Å². The minimum Gasteiger partial charge on any atom is -0.393 e. The van der Waals surface area contributed by atoms with Gasteiger partial charge in [-0.05, 0) is 26.2 Å². The highest BCUT2D eigenvalue weighted by molar-refractivity contribution is 4.54. The van der Waals surface area contributed by atoms with E-state index in [1.165, 1.54) is 38.5 Å². The maximum absolute atomic E-state index is 12.7. The van der Waals surface area contributed by atoms with Crippen LogP contribution < -0.4 is 0 Å². The molecule has 0 aromatic carbocycles. The molecule has 0 fully saturated rings. The Morgan fingerprint density at radius 3 is 2.00 bits per heavy atom. The number of ether oxygens (including phenoxy) is 1. The van der Waals surface area contributed by atoms with Crippen molar-refractivity contribution in [3.8, 4) is 0 Å². The van der Waals surface area contributed by atoms with Gasteiger partial charge in [-0.1, -0.05) is 51.9 Å². The first-order chi connectivity index (χ1) is 9.20. The summed E-state index contributed by atoms with van der Waals surface area (Å²) in [4.78, 5) is 0. The standard InChI is InChI=1S/C16H33FO2/c1-3-15(2)19-13-11-9-7-5-4-6-8-10-12-16(17)14-18/h15-16,18H,3-14H2,1-2H3. The first-order valence-electron chi connectivity index (χ1n) is 8.07. The van der Waals surface area contributed by atoms with Crippen molar-refractivity contribution >= 4 is 0 Å². The highest BCUT2D eigenvalue weighted by Gasteiger charge is 2.02. The average Bonchev–Trinajstić information content (AvgIpc) is 2.43. The Labute approximate surface area is 118 Å². The summed E-state index contributed by atoms with van der Waals surface area (Å²) in [5, 5.41) is 8.54. The summed E-state index contributed by atoms with van der Waals surface area (Å²) < 4.78 is 18.3. The molecule has 0 amide bonds. The summed E-state index contributed by atoms with van der Waals surface area (Å²) in [6.45, 7) is 4.85. The number of aliphatic hydroxyl groups is 1. The van der Waals surface area contributed by atoms with E-state index in [0.29, 0.717) is 12.5 Å². The van der Waals surface area contributed by atoms with E-state index in [1.807, 2.05) is 0 Å². The summed E-state index contributed by atoms with van der Waals surface area (Å²) in [6.07, 6.45) is 10.4. The lowest BCUT2D eigenvalue weighted by Gasteiger charge is -2.09. The molecule has 1 N–H and O–H groups in total. The Bertz CT molecular complexity index is 158. The van der Waals surface area contributed by atoms with Gasteiger partial charge in [-0.25, -0.2) is 4.39 Å². The topological polar surface area (TPSA) is 29.5 Å². The Morgan fingerprint density at radius 1 is 0.947 bits per heavy atom. The second kappa shape index (κ2) is 14.3. The molecule has 0 bridgehead atoms. The Balaban J connectivity index is 3.03. The molecule has 0 aliphatic carbocycles. The smallest absolute Gasteiger partial charge is 0.123 e. The van der Waals surface area contributed by atoms with Crippen LogP contribution in [0.5, 0.6) is 0 Å². The number of alkyl halides is 1. The molecule has 0 saturated carbocycles. The molecule has 3 heteroatoms. The molecule has 0 aromatic heterocycles. The van der Waals surface area contributed by atoms with E-state index in [-0.39, 0.29) is 6.61 Å². The third kappa shape index (κ3) is 14.1. The Hall–Kier alpha value is -0.150. The third-order valence-corrected chi connectivity index (χ3v) is 3.59. The molecule has 0 aromatic rings. The van der Waals surface area contributed by atoms with Gasteiger partial charge in [0.05, 0.1) is 12.7 Å². The van der Waals surface area contributed by atoms with Gasteiger partial charge in [-0.2, -0.15) is 0 Å². The van der Waals surface area contributed by atoms with Crippen LogP contribution >= 0.6 is 0 Å². The van der Waals surface area contributed by atoms with Crippen LogP contribution in [0.25, 0.3) is 0 Å². The largest absolute Gasteiger partial charge is 0.393 e. The number of hydrogen-bond donors (Lipinski definition) is 1. The lowest BCUT2D eigenvalue weighted by Crippen LogP contribution is -2.07. The van der Waals surface area contributed by atoms with Crippen molar-refractivity contribution in [2.45, 2.75) is 90.3 Å². The molecule has 0 rings (SSSR count). The van der Waals surface area contributed by atoms with Crippen LogP contribution in [0.15, 0.2) is 0 Å². The van der Waals surface area contributed by atoms with E-state index in [1.54, 1.807) is 0 Å². The van der Waals surface area contributed by atoms with Crippen molar-refractivity contribution in [2.75, 3.05) is 13.2 Å². The second-order valence-corrected chi connectivity index (χ2v) is 5.49. The zero-order valence-corrected chi connectivity index (χ0v) is 12.9. The van der Waals surface area contributed by atoms with E-state index in [4.69, 9.17) is 9.84 Å². The lowest BCUT2D eigenvalue weighted by atomic mass is 10.1. The van der Waals surface area contributed by atoms with Gasteiger partial charge >= 0.3 is 0 Å². The fourth-order valence-corrected chi connectivity index (χ4v) is 2.02. The van der Waals surface area contributed by atoms with Crippen molar-refractivity contribution < 1.29 is 14.2 Å². The van der Waals surface area contributed by atoms with Crippen LogP contribution in [0, 0.1) is 0 Å². The quantitative estimate of drug-likeness (QED) is 0.468. The minimum absolute atomic E-state index is 0.321. The van der Waals surface area contributed by atoms with E-state index in [0.717, 1.165) is 25.9 Å². The summed E-state index contributed by atoms with van der Waals surface area (Å²) in [6, 6.07) is 0. The molecule has 0 heterocycles. The van der Waals surface area contributed by atoms with Crippen molar-refractivity contribution in [1.29, 1.82) is 0 Å². The molecular formula is C16H33FO2. The maximum Gasteiger partial charge on any atom is 0.123 e. The third-order valence-electron chi connectivity index (χ3n) is 3.59. The number of hydrogen-bond acceptors (Lipinski definition) is 2. The summed E-state index contributed by atoms with van der Waals surface area (Å²) in [7, 11) is 0. The molecule has 116 valence electrons. The fraction of sp³-hybridized carbons (Fsp3) is 1.00. The van der Waals surface area contributed by atoms with Crippen molar-refractivity contribution in [1.82, 2.24) is 0 Å². The zero-order chi connectivity index (χ0) is 14.3. The van der Waals surface area contributed by atoms with Crippen LogP contribution in [0.2, 0.25) is 0 Å². The molecule has 0 spiro atoms. The monoisotopic (exact) mass is 276 g/mol. The molecule has 2 unspecified atom stereocenters. The predicted molar refractivity (Wildman–Crippen MR) is 79.2 cm³/mol. The highest BCUT2D eigenvalue weighted by atomic mass is 19.1. The predicted octanol–water partition coefficient (Wildman–Crippen LogP) is 4.64. The summed E-state index contributed by atoms with van der Waals surface area (Å²) in [5.74, 6) is 0. The fourth-order valence-electron chi connectivity index (χ4n) is 2.02. The summed E-state index contributed by atoms with van der Waals surface area (Å²) >= 11 is 0. The summed E-state index contributed by atoms with van der Waals surface area (Å²) in [5.41, 5.74) is 0. The normalized spacial score (nSPS) is 14.5. The van der Waals surface area contributed by atoms with Gasteiger partial charge in [0.15, 0.2) is 0 Å². The molecule has 2 atom stereocenters. The van der Waals surface area contributed by atoms with Crippen molar-refractivity contribution in [3.63, 3.8) is 0 Å². The SMILES string of the molecule is CCC(C)OCCCCCCCCCCC(F)CO. The van der Waals surface area contributed by atoms with Crippen LogP contribution in [0.3, 0.4) is 0 Å². The van der Waals surface area contributed by atoms with Gasteiger partial charge in [0.25, 0.3) is 0 Å². The van der Waals surface area contributed by atoms with Crippen LogP contribution in [0.1, 0.15) is 78.1 Å². The van der Waals surface area contributed by atoms with Crippen LogP contribution in [-0.2, 0) is 4.74 Å². The number of rotatable bonds is 14. The first-order valence-corrected chi connectivity index (χ1v) is 8.07. The molecule has 2 nitrogen and oxygen atoms in total. The van der Waals surface area contributed by atoms with Gasteiger partial charge in [0.2, 0.25) is 0 Å². The minimum atomic E-state index is -1.01. The van der Waals surface area contributed by atoms with E-state index < -0.39 is 6.17 Å². The van der Waals surface area contributed by atoms with E-state index in [9.17, 15) is 4.39 Å². The van der Waals surface area contributed by atoms with Crippen molar-refractivity contribution in [2.24, 2.45) is 0 Å². The molecule has 19 heavy (non-hydrogen) atoms. The second-order valence-electron chi connectivity index (χ2n) is 5.49. The van der Waals surface area contributed by atoms with E-state index in [2.05, 4.69) is 13.8 Å². The van der Waals surface area contributed by atoms with Crippen LogP contribution in [-0.4, -0.2) is 30.6 Å². The number of aliphatic hydroxyl groups excluding tert-OH is 1. The van der Waals surface area contributed by atoms with Gasteiger partial charge < -0.3 is 9.84 Å². The lowest BCUT2D eigenvalue weighted by molar-refractivity contribution is 0.0608.